The van der Waals surface area contributed by atoms with Gasteiger partial charge in [-0.3, -0.25) is 0 Å². The zero-order valence-corrected chi connectivity index (χ0v) is 39.0. The molecule has 0 amide bonds. The van der Waals surface area contributed by atoms with Gasteiger partial charge in [-0.05, 0) is 194 Å². The maximum Gasteiger partial charge on any atom is 0.0543 e. The summed E-state index contributed by atoms with van der Waals surface area (Å²) in [7, 11) is 0. The highest BCUT2D eigenvalue weighted by molar-refractivity contribution is 5.96. The normalized spacial score (nSPS) is 29.7. The zero-order valence-electron chi connectivity index (χ0n) is 39.0. The zero-order chi connectivity index (χ0) is 43.1. The third kappa shape index (κ3) is 4.96. The van der Waals surface area contributed by atoms with Crippen LogP contribution in [0.1, 0.15) is 140 Å². The highest BCUT2D eigenvalue weighted by Gasteiger charge is 2.84. The van der Waals surface area contributed by atoms with Crippen molar-refractivity contribution in [3.05, 3.63) is 161 Å². The van der Waals surface area contributed by atoms with Gasteiger partial charge in [0.15, 0.2) is 0 Å². The molecular weight excluding hydrogens is 759 g/mol. The summed E-state index contributed by atoms with van der Waals surface area (Å²) in [5.41, 5.74) is 22.8. The molecular formula is C62H65N. The molecule has 13 rings (SSSR count). The van der Waals surface area contributed by atoms with Crippen molar-refractivity contribution in [1.29, 1.82) is 0 Å². The molecule has 4 saturated carbocycles. The molecule has 6 aromatic rings. The van der Waals surface area contributed by atoms with Crippen LogP contribution in [0.15, 0.2) is 127 Å². The molecule has 4 fully saturated rings. The Hall–Kier alpha value is -4.88. The van der Waals surface area contributed by atoms with E-state index in [0.717, 1.165) is 23.7 Å². The Labute approximate surface area is 377 Å². The Balaban J connectivity index is 0.945. The fourth-order valence-corrected chi connectivity index (χ4v) is 16.1. The number of hydrogen-bond acceptors (Lipinski definition) is 1. The van der Waals surface area contributed by atoms with Crippen LogP contribution in [0.2, 0.25) is 0 Å². The molecule has 0 aromatic heterocycles. The van der Waals surface area contributed by atoms with Gasteiger partial charge < -0.3 is 4.90 Å². The second-order valence-corrected chi connectivity index (χ2v) is 24.3. The first-order chi connectivity index (χ1) is 30.1. The van der Waals surface area contributed by atoms with Crippen molar-refractivity contribution >= 4 is 17.1 Å². The maximum atomic E-state index is 2.60. The molecule has 6 unspecified atom stereocenters. The summed E-state index contributed by atoms with van der Waals surface area (Å²) in [5.74, 6) is 3.50. The quantitative estimate of drug-likeness (QED) is 0.167. The van der Waals surface area contributed by atoms with E-state index in [1.807, 2.05) is 0 Å². The lowest BCUT2D eigenvalue weighted by atomic mass is 9.27. The van der Waals surface area contributed by atoms with Crippen LogP contribution in [-0.2, 0) is 27.1 Å². The Morgan fingerprint density at radius 1 is 0.429 bits per heavy atom. The number of benzene rings is 6. The molecule has 2 spiro atoms. The third-order valence-corrected chi connectivity index (χ3v) is 19.5. The van der Waals surface area contributed by atoms with Gasteiger partial charge in [-0.2, -0.15) is 0 Å². The summed E-state index contributed by atoms with van der Waals surface area (Å²) in [6.45, 7) is 19.5. The van der Waals surface area contributed by atoms with E-state index in [2.05, 4.69) is 188 Å². The van der Waals surface area contributed by atoms with Gasteiger partial charge in [-0.25, -0.2) is 0 Å². The summed E-state index contributed by atoms with van der Waals surface area (Å²) in [5, 5.41) is 0. The van der Waals surface area contributed by atoms with Crippen LogP contribution in [0.5, 0.6) is 0 Å². The van der Waals surface area contributed by atoms with Crippen LogP contribution in [0.3, 0.4) is 0 Å². The molecule has 63 heavy (non-hydrogen) atoms. The lowest BCUT2D eigenvalue weighted by Gasteiger charge is -2.76. The Morgan fingerprint density at radius 3 is 1.48 bits per heavy atom. The predicted octanol–water partition coefficient (Wildman–Crippen LogP) is 16.5. The van der Waals surface area contributed by atoms with Gasteiger partial charge in [-0.15, -0.1) is 0 Å². The largest absolute Gasteiger partial charge is 0.310 e. The van der Waals surface area contributed by atoms with Crippen LogP contribution in [0, 0.1) is 29.1 Å². The van der Waals surface area contributed by atoms with Crippen molar-refractivity contribution < 1.29 is 0 Å². The van der Waals surface area contributed by atoms with Crippen molar-refractivity contribution in [2.45, 2.75) is 134 Å². The molecule has 0 aliphatic heterocycles. The van der Waals surface area contributed by atoms with E-state index in [-0.39, 0.29) is 27.1 Å². The average Bonchev–Trinajstić information content (AvgIpc) is 3.92. The highest BCUT2D eigenvalue weighted by Crippen LogP contribution is 2.89. The minimum absolute atomic E-state index is 0.163. The molecule has 0 N–H and O–H groups in total. The summed E-state index contributed by atoms with van der Waals surface area (Å²) in [6, 6.07) is 50.8. The van der Waals surface area contributed by atoms with Gasteiger partial charge in [0.25, 0.3) is 0 Å². The van der Waals surface area contributed by atoms with Crippen molar-refractivity contribution in [3.63, 3.8) is 0 Å². The van der Waals surface area contributed by atoms with Gasteiger partial charge in [0.2, 0.25) is 0 Å². The monoisotopic (exact) mass is 824 g/mol. The first kappa shape index (κ1) is 38.6. The Morgan fingerprint density at radius 2 is 0.921 bits per heavy atom. The van der Waals surface area contributed by atoms with Crippen molar-refractivity contribution in [1.82, 2.24) is 0 Å². The summed E-state index contributed by atoms with van der Waals surface area (Å²) in [6.07, 6.45) is 10.8. The van der Waals surface area contributed by atoms with E-state index in [1.165, 1.54) is 124 Å². The van der Waals surface area contributed by atoms with Crippen molar-refractivity contribution in [2.24, 2.45) is 29.1 Å². The topological polar surface area (TPSA) is 3.24 Å². The lowest BCUT2D eigenvalue weighted by Crippen LogP contribution is -2.73. The van der Waals surface area contributed by atoms with Gasteiger partial charge >= 0.3 is 0 Å². The van der Waals surface area contributed by atoms with Gasteiger partial charge in [-0.1, -0.05) is 152 Å². The predicted molar refractivity (Wildman–Crippen MR) is 264 cm³/mol. The standard InChI is InChI=1S/C62H65N/c1-57(2)28-30-59(5,6)51-34-41(20-26-48(51)57)39-16-22-44(23-17-39)63(45-24-18-40(19-25-45)42-21-27-49-52(35-42)60(7,8)31-29-58(49,3)4)53-15-11-14-50-56(53)46-12-9-10-13-47(46)62(50)54-33-38-32-43-36-55(62)61(43,54)37-38/h9-27,34-35,38,43,54-55H,28-33,36-37H2,1-8H3. The van der Waals surface area contributed by atoms with E-state index in [4.69, 9.17) is 0 Å². The molecule has 0 radical (unpaired) electrons. The third-order valence-electron chi connectivity index (χ3n) is 19.5. The van der Waals surface area contributed by atoms with Crippen LogP contribution < -0.4 is 4.90 Å². The molecule has 1 heteroatoms. The lowest BCUT2D eigenvalue weighted by molar-refractivity contribution is -0.231. The van der Waals surface area contributed by atoms with Crippen LogP contribution in [-0.4, -0.2) is 0 Å². The van der Waals surface area contributed by atoms with E-state index in [9.17, 15) is 0 Å². The van der Waals surface area contributed by atoms with Gasteiger partial charge in [0.1, 0.15) is 0 Å². The fourth-order valence-electron chi connectivity index (χ4n) is 16.1. The number of anilines is 3. The van der Waals surface area contributed by atoms with Gasteiger partial charge in [0.05, 0.1) is 5.69 Å². The molecule has 318 valence electrons. The first-order valence-electron chi connectivity index (χ1n) is 24.7. The minimum Gasteiger partial charge on any atom is -0.310 e. The maximum absolute atomic E-state index is 2.60. The number of fused-ring (bicyclic) bond motifs is 10. The highest BCUT2D eigenvalue weighted by atomic mass is 15.1. The summed E-state index contributed by atoms with van der Waals surface area (Å²) < 4.78 is 0. The Kier molecular flexibility index (Phi) is 7.63. The van der Waals surface area contributed by atoms with Gasteiger partial charge in [0, 0.05) is 22.4 Å². The molecule has 2 bridgehead atoms. The molecule has 1 nitrogen and oxygen atoms in total. The van der Waals surface area contributed by atoms with Crippen LogP contribution >= 0.6 is 0 Å². The summed E-state index contributed by atoms with van der Waals surface area (Å²) >= 11 is 0. The van der Waals surface area contributed by atoms with Crippen molar-refractivity contribution in [3.8, 4) is 33.4 Å². The second kappa shape index (κ2) is 12.5. The minimum atomic E-state index is 0.163. The fraction of sp³-hybridized carbons (Fsp3) is 0.419. The van der Waals surface area contributed by atoms with E-state index < -0.39 is 0 Å². The number of rotatable bonds is 5. The Bertz CT molecular complexity index is 2760. The number of hydrogen-bond donors (Lipinski definition) is 0. The molecule has 6 aromatic carbocycles. The molecule has 7 aliphatic carbocycles. The SMILES string of the molecule is CC1(C)CCC(C)(C)c2cc(-c3ccc(N(c4ccc(-c5ccc6c(c5)C(C)(C)CCC6(C)C)cc4)c4cccc5c4-c4ccccc4C54C5CC6CC7CC4C75C6)cc3)ccc21. The molecule has 6 atom stereocenters. The first-order valence-corrected chi connectivity index (χ1v) is 24.7. The number of nitrogens with zero attached hydrogens (tertiary/aromatic N) is 1. The second-order valence-electron chi connectivity index (χ2n) is 24.3. The average molecular weight is 824 g/mol. The summed E-state index contributed by atoms with van der Waals surface area (Å²) in [4.78, 5) is 2.60. The van der Waals surface area contributed by atoms with E-state index in [0.29, 0.717) is 5.41 Å². The van der Waals surface area contributed by atoms with Crippen LogP contribution in [0.25, 0.3) is 33.4 Å². The molecule has 0 saturated heterocycles. The molecule has 0 heterocycles. The smallest absolute Gasteiger partial charge is 0.0543 e. The molecule has 7 aliphatic rings. The van der Waals surface area contributed by atoms with Crippen molar-refractivity contribution in [2.75, 3.05) is 4.90 Å². The van der Waals surface area contributed by atoms with E-state index in [1.54, 1.807) is 11.1 Å². The van der Waals surface area contributed by atoms with E-state index >= 15 is 0 Å². The van der Waals surface area contributed by atoms with Crippen LogP contribution in [0.4, 0.5) is 17.1 Å².